The molecule has 0 unspecified atom stereocenters. The van der Waals surface area contributed by atoms with Gasteiger partial charge in [-0.1, -0.05) is 6.07 Å². The molecule has 3 aromatic rings. The molecule has 0 aliphatic carbocycles. The molecule has 2 aliphatic heterocycles. The predicted molar refractivity (Wildman–Crippen MR) is 129 cm³/mol. The van der Waals surface area contributed by atoms with Crippen LogP contribution in [0.5, 0.6) is 0 Å². The first-order valence-corrected chi connectivity index (χ1v) is 11.9. The zero-order valence-electron chi connectivity index (χ0n) is 19.3. The smallest absolute Gasteiger partial charge is 0.280 e. The normalized spacial score (nSPS) is 18.7. The van der Waals surface area contributed by atoms with Gasteiger partial charge < -0.3 is 4.90 Å². The highest BCUT2D eigenvalue weighted by Crippen LogP contribution is 2.23. The molecule has 5 rings (SSSR count). The Morgan fingerprint density at radius 1 is 1.12 bits per heavy atom. The standard InChI is InChI=1S/C26H28N6O2/c1-18-13-19(14-27)6-8-22(18)23-16-29-32(26(23)34)24-9-7-20(15-28-24)25(33)31-12-4-5-21(17-31)30-10-2-3-11-30/h6-9,13,15-16,21,29H,2-5,10-12,17H2,1H3/t21-/m0/s1. The fraction of sp³-hybridized carbons (Fsp3) is 0.385. The van der Waals surface area contributed by atoms with Crippen LogP contribution in [0.3, 0.4) is 0 Å². The summed E-state index contributed by atoms with van der Waals surface area (Å²) in [5, 5.41) is 12.0. The van der Waals surface area contributed by atoms with Crippen molar-refractivity contribution in [1.29, 1.82) is 5.26 Å². The SMILES string of the molecule is Cc1cc(C#N)ccc1-c1c[nH]n(-c2ccc(C(=O)N3CCC[C@H](N4CCCC4)C3)cn2)c1=O. The number of carbonyl (C=O) groups is 1. The molecule has 1 amide bonds. The predicted octanol–water partition coefficient (Wildman–Crippen LogP) is 3.11. The largest absolute Gasteiger partial charge is 0.337 e. The van der Waals surface area contributed by atoms with Gasteiger partial charge in [0, 0.05) is 31.5 Å². The number of nitriles is 1. The Morgan fingerprint density at radius 3 is 2.65 bits per heavy atom. The van der Waals surface area contributed by atoms with Gasteiger partial charge in [-0.25, -0.2) is 9.67 Å². The maximum Gasteiger partial charge on any atom is 0.280 e. The molecule has 0 saturated carbocycles. The Labute approximate surface area is 198 Å². The average Bonchev–Trinajstić information content (AvgIpc) is 3.54. The van der Waals surface area contributed by atoms with Crippen LogP contribution in [0.2, 0.25) is 0 Å². The lowest BCUT2D eigenvalue weighted by Gasteiger charge is -2.37. The number of H-pyrrole nitrogens is 1. The zero-order valence-corrected chi connectivity index (χ0v) is 19.3. The Kier molecular flexibility index (Phi) is 6.03. The summed E-state index contributed by atoms with van der Waals surface area (Å²) >= 11 is 0. The zero-order chi connectivity index (χ0) is 23.7. The Morgan fingerprint density at radius 2 is 1.94 bits per heavy atom. The van der Waals surface area contributed by atoms with Crippen LogP contribution in [-0.4, -0.2) is 62.7 Å². The highest BCUT2D eigenvalue weighted by atomic mass is 16.2. The number of nitrogens with one attached hydrogen (secondary N) is 1. The van der Waals surface area contributed by atoms with Gasteiger partial charge in [0.05, 0.1) is 22.8 Å². The lowest BCUT2D eigenvalue weighted by Crippen LogP contribution is -2.49. The number of piperidine rings is 1. The van der Waals surface area contributed by atoms with E-state index < -0.39 is 0 Å². The van der Waals surface area contributed by atoms with Gasteiger partial charge in [0.25, 0.3) is 11.5 Å². The maximum absolute atomic E-state index is 13.1. The molecule has 2 saturated heterocycles. The van der Waals surface area contributed by atoms with Gasteiger partial charge in [0.1, 0.15) is 0 Å². The Bertz CT molecular complexity index is 1290. The van der Waals surface area contributed by atoms with E-state index in [-0.39, 0.29) is 11.5 Å². The van der Waals surface area contributed by atoms with Crippen LogP contribution in [0.1, 0.15) is 47.2 Å². The van der Waals surface area contributed by atoms with Crippen molar-refractivity contribution in [1.82, 2.24) is 24.6 Å². The van der Waals surface area contributed by atoms with Crippen molar-refractivity contribution in [2.75, 3.05) is 26.2 Å². The fourth-order valence-electron chi connectivity index (χ4n) is 5.14. The van der Waals surface area contributed by atoms with Gasteiger partial charge in [0.2, 0.25) is 0 Å². The highest BCUT2D eigenvalue weighted by Gasteiger charge is 2.29. The van der Waals surface area contributed by atoms with Crippen LogP contribution in [0.4, 0.5) is 0 Å². The lowest BCUT2D eigenvalue weighted by atomic mass is 10.0. The van der Waals surface area contributed by atoms with Crippen LogP contribution in [0.15, 0.2) is 47.5 Å². The van der Waals surface area contributed by atoms with Crippen LogP contribution in [-0.2, 0) is 0 Å². The molecular formula is C26H28N6O2. The monoisotopic (exact) mass is 456 g/mol. The van der Waals surface area contributed by atoms with Crippen LogP contribution < -0.4 is 5.56 Å². The number of hydrogen-bond donors (Lipinski definition) is 1. The molecule has 1 N–H and O–H groups in total. The van der Waals surface area contributed by atoms with E-state index in [4.69, 9.17) is 5.26 Å². The second kappa shape index (κ2) is 9.27. The summed E-state index contributed by atoms with van der Waals surface area (Å²) < 4.78 is 1.37. The number of nitrogens with zero attached hydrogens (tertiary/aromatic N) is 5. The first kappa shape index (κ1) is 22.1. The highest BCUT2D eigenvalue weighted by molar-refractivity contribution is 5.94. The number of hydrogen-bond acceptors (Lipinski definition) is 5. The van der Waals surface area contributed by atoms with Gasteiger partial charge in [-0.05, 0) is 81.1 Å². The Hall–Kier alpha value is -3.70. The van der Waals surface area contributed by atoms with Crippen molar-refractivity contribution in [3.63, 3.8) is 0 Å². The number of aromatic amines is 1. The minimum Gasteiger partial charge on any atom is -0.337 e. The van der Waals surface area contributed by atoms with E-state index in [1.165, 1.54) is 17.5 Å². The number of likely N-dealkylation sites (tertiary alicyclic amines) is 2. The van der Waals surface area contributed by atoms with E-state index >= 15 is 0 Å². The third-order valence-electron chi connectivity index (χ3n) is 6.98. The number of benzene rings is 1. The molecule has 2 aliphatic rings. The number of aromatic nitrogens is 3. The molecule has 8 nitrogen and oxygen atoms in total. The van der Waals surface area contributed by atoms with E-state index in [1.54, 1.807) is 42.7 Å². The summed E-state index contributed by atoms with van der Waals surface area (Å²) in [7, 11) is 0. The molecule has 2 fully saturated rings. The number of rotatable bonds is 4. The van der Waals surface area contributed by atoms with Crippen molar-refractivity contribution >= 4 is 5.91 Å². The van der Waals surface area contributed by atoms with Crippen LogP contribution in [0, 0.1) is 18.3 Å². The van der Waals surface area contributed by atoms with E-state index in [0.717, 1.165) is 50.1 Å². The van der Waals surface area contributed by atoms with Crippen LogP contribution >= 0.6 is 0 Å². The maximum atomic E-state index is 13.1. The van der Waals surface area contributed by atoms with Crippen LogP contribution in [0.25, 0.3) is 16.9 Å². The summed E-state index contributed by atoms with van der Waals surface area (Å²) in [6, 6.07) is 11.3. The summed E-state index contributed by atoms with van der Waals surface area (Å²) in [4.78, 5) is 35.0. The summed E-state index contributed by atoms with van der Waals surface area (Å²) in [6.45, 7) is 5.69. The van der Waals surface area contributed by atoms with Crippen molar-refractivity contribution in [2.45, 2.75) is 38.6 Å². The molecule has 2 aromatic heterocycles. The van der Waals surface area contributed by atoms with E-state index in [2.05, 4.69) is 21.1 Å². The fourth-order valence-corrected chi connectivity index (χ4v) is 5.14. The Balaban J connectivity index is 1.33. The molecule has 174 valence electrons. The quantitative estimate of drug-likeness (QED) is 0.651. The minimum absolute atomic E-state index is 0.00400. The molecule has 4 heterocycles. The van der Waals surface area contributed by atoms with Crippen molar-refractivity contribution in [2.24, 2.45) is 0 Å². The first-order valence-electron chi connectivity index (χ1n) is 11.9. The number of amides is 1. The second-order valence-corrected chi connectivity index (χ2v) is 9.16. The summed E-state index contributed by atoms with van der Waals surface area (Å²) in [5.41, 5.74) is 2.98. The number of carbonyl (C=O) groups excluding carboxylic acids is 1. The molecular weight excluding hydrogens is 428 g/mol. The van der Waals surface area contributed by atoms with Crippen molar-refractivity contribution < 1.29 is 4.79 Å². The summed E-state index contributed by atoms with van der Waals surface area (Å²) in [5.74, 6) is 0.420. The average molecular weight is 457 g/mol. The van der Waals surface area contributed by atoms with E-state index in [0.29, 0.717) is 28.6 Å². The molecule has 0 bridgehead atoms. The molecule has 1 aromatic carbocycles. The third-order valence-corrected chi connectivity index (χ3v) is 6.98. The third kappa shape index (κ3) is 4.15. The van der Waals surface area contributed by atoms with Gasteiger partial charge in [-0.2, -0.15) is 5.26 Å². The van der Waals surface area contributed by atoms with Gasteiger partial charge >= 0.3 is 0 Å². The van der Waals surface area contributed by atoms with E-state index in [1.807, 2.05) is 11.8 Å². The topological polar surface area (TPSA) is 98.0 Å². The van der Waals surface area contributed by atoms with E-state index in [9.17, 15) is 9.59 Å². The van der Waals surface area contributed by atoms with Gasteiger partial charge in [0.15, 0.2) is 5.82 Å². The first-order chi connectivity index (χ1) is 16.5. The summed E-state index contributed by atoms with van der Waals surface area (Å²) in [6.07, 6.45) is 7.87. The number of pyridine rings is 1. The molecule has 1 atom stereocenters. The lowest BCUT2D eigenvalue weighted by molar-refractivity contribution is 0.0607. The molecule has 0 radical (unpaired) electrons. The second-order valence-electron chi connectivity index (χ2n) is 9.16. The van der Waals surface area contributed by atoms with Crippen molar-refractivity contribution in [3.05, 3.63) is 69.8 Å². The minimum atomic E-state index is -0.233. The molecule has 0 spiro atoms. The molecule has 8 heteroatoms. The van der Waals surface area contributed by atoms with Gasteiger partial charge in [-0.15, -0.1) is 0 Å². The van der Waals surface area contributed by atoms with Gasteiger partial charge in [-0.3, -0.25) is 19.6 Å². The molecule has 34 heavy (non-hydrogen) atoms. The number of aryl methyl sites for hydroxylation is 1. The van der Waals surface area contributed by atoms with Crippen molar-refractivity contribution in [3.8, 4) is 23.0 Å².